The SMILES string of the molecule is CC(=O)OC[C@H]1O[C@@H](c2cc(Cc3cc4ccccc4s3)ccc2OC[C@@H]2COC(C)(C)O2)[C@H](OC(C)=O)[C@@H](OC(C)=O)[C@@H]1OC(C)=O. The number of hydrogen-bond acceptors (Lipinski definition) is 13. The third kappa shape index (κ3) is 8.90. The zero-order valence-electron chi connectivity index (χ0n) is 27.7. The fourth-order valence-electron chi connectivity index (χ4n) is 5.89. The summed E-state index contributed by atoms with van der Waals surface area (Å²) < 4.78 is 47.9. The first-order valence-electron chi connectivity index (χ1n) is 15.6. The summed E-state index contributed by atoms with van der Waals surface area (Å²) in [6.07, 6.45) is -5.88. The Bertz CT molecular complexity index is 1610. The van der Waals surface area contributed by atoms with Gasteiger partial charge in [-0.2, -0.15) is 0 Å². The van der Waals surface area contributed by atoms with E-state index in [2.05, 4.69) is 18.2 Å². The Kier molecular flexibility index (Phi) is 11.0. The molecule has 2 aliphatic heterocycles. The summed E-state index contributed by atoms with van der Waals surface area (Å²) in [5, 5.41) is 1.14. The van der Waals surface area contributed by atoms with E-state index in [0.717, 1.165) is 20.5 Å². The van der Waals surface area contributed by atoms with Gasteiger partial charge >= 0.3 is 23.9 Å². The highest BCUT2D eigenvalue weighted by molar-refractivity contribution is 7.19. The van der Waals surface area contributed by atoms with Crippen molar-refractivity contribution in [3.63, 3.8) is 0 Å². The topological polar surface area (TPSA) is 142 Å². The fraction of sp³-hybridized carbons (Fsp3) is 0.486. The second kappa shape index (κ2) is 15.0. The number of carbonyl (C=O) groups is 4. The van der Waals surface area contributed by atoms with E-state index in [4.69, 9.17) is 37.9 Å². The van der Waals surface area contributed by atoms with Gasteiger partial charge in [-0.05, 0) is 49.1 Å². The number of fused-ring (bicyclic) bond motifs is 1. The molecule has 0 N–H and O–H groups in total. The lowest BCUT2D eigenvalue weighted by molar-refractivity contribution is -0.254. The summed E-state index contributed by atoms with van der Waals surface area (Å²) in [5.41, 5.74) is 1.38. The lowest BCUT2D eigenvalue weighted by atomic mass is 9.89. The van der Waals surface area contributed by atoms with Crippen molar-refractivity contribution in [2.24, 2.45) is 0 Å². The molecule has 12 nitrogen and oxygen atoms in total. The molecule has 2 aromatic carbocycles. The van der Waals surface area contributed by atoms with Crippen molar-refractivity contribution in [1.82, 2.24) is 0 Å². The standard InChI is InChI=1S/C35H40O12S/c1-19(36)40-18-29-32(43-20(2)37)34(45-22(4)39)33(44-21(3)38)31(46-29)27-14-23(13-26-15-24-9-7-8-10-30(24)48-26)11-12-28(27)41-16-25-17-42-35(5,6)47-25/h7-12,14-15,25,29,31-34H,13,16-18H2,1-6H3/t25-,29-,31+,32-,33+,34+/m1/s1. The van der Waals surface area contributed by atoms with Crippen molar-refractivity contribution in [1.29, 1.82) is 0 Å². The number of hydrogen-bond donors (Lipinski definition) is 0. The van der Waals surface area contributed by atoms with Gasteiger partial charge < -0.3 is 37.9 Å². The van der Waals surface area contributed by atoms with Crippen molar-refractivity contribution in [2.75, 3.05) is 19.8 Å². The van der Waals surface area contributed by atoms with Crippen molar-refractivity contribution in [3.8, 4) is 5.75 Å². The maximum atomic E-state index is 12.5. The molecule has 2 saturated heterocycles. The Morgan fingerprint density at radius 1 is 0.833 bits per heavy atom. The third-order valence-corrected chi connectivity index (χ3v) is 8.83. The van der Waals surface area contributed by atoms with E-state index in [1.807, 2.05) is 38.1 Å². The third-order valence-electron chi connectivity index (χ3n) is 7.72. The van der Waals surface area contributed by atoms with Gasteiger partial charge in [0.2, 0.25) is 0 Å². The molecular formula is C35H40O12S. The molecule has 2 aliphatic rings. The van der Waals surface area contributed by atoms with Crippen LogP contribution in [0.15, 0.2) is 48.5 Å². The van der Waals surface area contributed by atoms with E-state index in [-0.39, 0.29) is 19.3 Å². The minimum Gasteiger partial charge on any atom is -0.490 e. The molecule has 0 amide bonds. The van der Waals surface area contributed by atoms with Gasteiger partial charge in [0.05, 0.1) is 6.61 Å². The van der Waals surface area contributed by atoms with Crippen LogP contribution in [0.5, 0.6) is 5.75 Å². The number of ether oxygens (including phenoxy) is 8. The summed E-state index contributed by atoms with van der Waals surface area (Å²) in [7, 11) is 0. The minimum atomic E-state index is -1.32. The average molecular weight is 685 g/mol. The van der Waals surface area contributed by atoms with Gasteiger partial charge in [0.1, 0.15) is 37.3 Å². The molecule has 0 saturated carbocycles. The number of thiophene rings is 1. The van der Waals surface area contributed by atoms with Crippen LogP contribution >= 0.6 is 11.3 Å². The summed E-state index contributed by atoms with van der Waals surface area (Å²) in [6, 6.07) is 15.9. The maximum Gasteiger partial charge on any atom is 0.303 e. The minimum absolute atomic E-state index is 0.136. The van der Waals surface area contributed by atoms with Gasteiger partial charge in [-0.3, -0.25) is 19.2 Å². The van der Waals surface area contributed by atoms with Crippen molar-refractivity contribution >= 4 is 45.3 Å². The first-order valence-corrected chi connectivity index (χ1v) is 16.4. The van der Waals surface area contributed by atoms with Crippen LogP contribution in [0.2, 0.25) is 0 Å². The van der Waals surface area contributed by atoms with Gasteiger partial charge in [-0.1, -0.05) is 24.3 Å². The summed E-state index contributed by atoms with van der Waals surface area (Å²) >= 11 is 1.68. The normalized spacial score (nSPS) is 24.9. The summed E-state index contributed by atoms with van der Waals surface area (Å²) in [4.78, 5) is 50.1. The molecule has 6 atom stereocenters. The van der Waals surface area contributed by atoms with Crippen LogP contribution in [0.1, 0.15) is 63.7 Å². The predicted molar refractivity (Wildman–Crippen MR) is 172 cm³/mol. The molecule has 0 unspecified atom stereocenters. The Balaban J connectivity index is 1.57. The Labute approximate surface area is 282 Å². The zero-order chi connectivity index (χ0) is 34.6. The maximum absolute atomic E-state index is 12.5. The highest BCUT2D eigenvalue weighted by Crippen LogP contribution is 2.42. The van der Waals surface area contributed by atoms with Crippen LogP contribution in [-0.4, -0.2) is 80.0 Å². The first-order chi connectivity index (χ1) is 22.8. The zero-order valence-corrected chi connectivity index (χ0v) is 28.5. The van der Waals surface area contributed by atoms with E-state index >= 15 is 0 Å². The molecule has 0 spiro atoms. The number of carbonyl (C=O) groups excluding carboxylic acids is 4. The Hall–Kier alpha value is -4.04. The van der Waals surface area contributed by atoms with Crippen LogP contribution in [0.3, 0.4) is 0 Å². The van der Waals surface area contributed by atoms with E-state index < -0.39 is 60.2 Å². The van der Waals surface area contributed by atoms with Gasteiger partial charge in [-0.15, -0.1) is 11.3 Å². The quantitative estimate of drug-likeness (QED) is 0.202. The molecule has 2 fully saturated rings. The molecule has 0 aliphatic carbocycles. The molecule has 13 heteroatoms. The largest absolute Gasteiger partial charge is 0.490 e. The monoisotopic (exact) mass is 684 g/mol. The number of esters is 4. The smallest absolute Gasteiger partial charge is 0.303 e. The number of benzene rings is 2. The van der Waals surface area contributed by atoms with Gasteiger partial charge in [0.15, 0.2) is 24.1 Å². The second-order valence-corrected chi connectivity index (χ2v) is 13.3. The predicted octanol–water partition coefficient (Wildman–Crippen LogP) is 4.82. The van der Waals surface area contributed by atoms with Gasteiger partial charge in [0, 0.05) is 49.3 Å². The highest BCUT2D eigenvalue weighted by atomic mass is 32.1. The van der Waals surface area contributed by atoms with Crippen LogP contribution in [-0.2, 0) is 58.8 Å². The molecule has 258 valence electrons. The molecule has 0 bridgehead atoms. The molecule has 5 rings (SSSR count). The van der Waals surface area contributed by atoms with Crippen LogP contribution < -0.4 is 4.74 Å². The number of rotatable bonds is 11. The molecule has 48 heavy (non-hydrogen) atoms. The lowest BCUT2D eigenvalue weighted by Crippen LogP contribution is -2.59. The second-order valence-electron chi connectivity index (χ2n) is 12.2. The van der Waals surface area contributed by atoms with E-state index in [1.54, 1.807) is 17.4 Å². The highest BCUT2D eigenvalue weighted by Gasteiger charge is 2.53. The molecule has 3 heterocycles. The molecular weight excluding hydrogens is 644 g/mol. The van der Waals surface area contributed by atoms with Crippen LogP contribution in [0.4, 0.5) is 0 Å². The molecule has 3 aromatic rings. The summed E-state index contributed by atoms with van der Waals surface area (Å²) in [5.74, 6) is -3.07. The van der Waals surface area contributed by atoms with Gasteiger partial charge in [-0.25, -0.2) is 0 Å². The summed E-state index contributed by atoms with van der Waals surface area (Å²) in [6.45, 7) is 8.56. The van der Waals surface area contributed by atoms with Crippen molar-refractivity contribution < 1.29 is 57.1 Å². The first kappa shape index (κ1) is 35.3. The van der Waals surface area contributed by atoms with Crippen LogP contribution in [0.25, 0.3) is 10.1 Å². The molecule has 0 radical (unpaired) electrons. The molecule has 1 aromatic heterocycles. The van der Waals surface area contributed by atoms with Gasteiger partial charge in [0.25, 0.3) is 0 Å². The lowest BCUT2D eigenvalue weighted by Gasteiger charge is -2.44. The fourth-order valence-corrected chi connectivity index (χ4v) is 6.99. The average Bonchev–Trinajstić information content (AvgIpc) is 3.58. The van der Waals surface area contributed by atoms with Crippen LogP contribution in [0, 0.1) is 0 Å². The van der Waals surface area contributed by atoms with E-state index in [1.165, 1.54) is 27.7 Å². The van der Waals surface area contributed by atoms with E-state index in [9.17, 15) is 19.2 Å². The Morgan fingerprint density at radius 2 is 1.52 bits per heavy atom. The van der Waals surface area contributed by atoms with Crippen molar-refractivity contribution in [2.45, 2.75) is 90.4 Å². The van der Waals surface area contributed by atoms with E-state index in [0.29, 0.717) is 24.3 Å². The van der Waals surface area contributed by atoms with Crippen molar-refractivity contribution in [3.05, 3.63) is 64.5 Å². The Morgan fingerprint density at radius 3 is 2.17 bits per heavy atom.